The Morgan fingerprint density at radius 1 is 1.43 bits per heavy atom. The largest absolute Gasteiger partial charge is 0.382 e. The van der Waals surface area contributed by atoms with Gasteiger partial charge in [0.2, 0.25) is 10.0 Å². The Balaban J connectivity index is 2.82. The second-order valence-corrected chi connectivity index (χ2v) is 5.85. The number of ether oxygens (including phenoxy) is 2. The van der Waals surface area contributed by atoms with Crippen LogP contribution in [0.15, 0.2) is 23.4 Å². The first-order valence-electron chi connectivity index (χ1n) is 6.19. The molecule has 1 rings (SSSR count). The lowest BCUT2D eigenvalue weighted by Gasteiger charge is -2.15. The minimum atomic E-state index is -3.68. The van der Waals surface area contributed by atoms with Crippen molar-refractivity contribution >= 4 is 10.0 Å². The fourth-order valence-corrected chi connectivity index (χ4v) is 2.52. The number of hydrogen-bond acceptors (Lipinski definition) is 6. The van der Waals surface area contributed by atoms with E-state index in [-0.39, 0.29) is 24.1 Å². The Morgan fingerprint density at radius 3 is 2.81 bits per heavy atom. The second kappa shape index (κ2) is 8.71. The van der Waals surface area contributed by atoms with Crippen LogP contribution in [0.25, 0.3) is 0 Å². The Bertz CT molecular complexity index is 607. The Morgan fingerprint density at radius 2 is 2.19 bits per heavy atom. The zero-order valence-electron chi connectivity index (χ0n) is 12.0. The van der Waals surface area contributed by atoms with Crippen molar-refractivity contribution in [2.45, 2.75) is 11.0 Å². The van der Waals surface area contributed by atoms with Crippen LogP contribution >= 0.6 is 0 Å². The summed E-state index contributed by atoms with van der Waals surface area (Å²) >= 11 is 0. The van der Waals surface area contributed by atoms with Crippen LogP contribution in [0, 0.1) is 11.8 Å². The van der Waals surface area contributed by atoms with Crippen molar-refractivity contribution in [3.8, 4) is 11.8 Å². The predicted octanol–water partition coefficient (Wildman–Crippen LogP) is -0.668. The number of rotatable bonds is 7. The van der Waals surface area contributed by atoms with E-state index in [4.69, 9.17) is 15.2 Å². The molecule has 1 heterocycles. The highest BCUT2D eigenvalue weighted by Crippen LogP contribution is 2.09. The Kier molecular flexibility index (Phi) is 7.28. The van der Waals surface area contributed by atoms with E-state index >= 15 is 0 Å². The molecule has 0 radical (unpaired) electrons. The van der Waals surface area contributed by atoms with Crippen LogP contribution < -0.4 is 10.5 Å². The highest BCUT2D eigenvalue weighted by molar-refractivity contribution is 7.89. The van der Waals surface area contributed by atoms with Crippen molar-refractivity contribution in [1.29, 1.82) is 0 Å². The molecule has 0 bridgehead atoms. The van der Waals surface area contributed by atoms with Gasteiger partial charge in [0.05, 0.1) is 19.3 Å². The fraction of sp³-hybridized carbons (Fsp3) is 0.462. The molecular weight excluding hydrogens is 294 g/mol. The van der Waals surface area contributed by atoms with E-state index in [1.165, 1.54) is 32.7 Å². The molecule has 0 aliphatic carbocycles. The van der Waals surface area contributed by atoms with E-state index in [9.17, 15) is 8.42 Å². The van der Waals surface area contributed by atoms with Crippen LogP contribution in [0.1, 0.15) is 5.56 Å². The number of sulfonamides is 1. The molecule has 1 atom stereocenters. The lowest BCUT2D eigenvalue weighted by Crippen LogP contribution is -2.35. The molecule has 8 heteroatoms. The smallest absolute Gasteiger partial charge is 0.242 e. The van der Waals surface area contributed by atoms with Crippen molar-refractivity contribution in [2.24, 2.45) is 5.73 Å². The van der Waals surface area contributed by atoms with Gasteiger partial charge in [-0.05, 0) is 6.07 Å². The van der Waals surface area contributed by atoms with E-state index in [0.29, 0.717) is 12.2 Å². The van der Waals surface area contributed by atoms with Gasteiger partial charge in [-0.3, -0.25) is 4.98 Å². The number of pyridine rings is 1. The van der Waals surface area contributed by atoms with Crippen molar-refractivity contribution in [3.63, 3.8) is 0 Å². The van der Waals surface area contributed by atoms with Gasteiger partial charge >= 0.3 is 0 Å². The van der Waals surface area contributed by atoms with Crippen molar-refractivity contribution in [2.75, 3.05) is 33.9 Å². The molecule has 21 heavy (non-hydrogen) atoms. The summed E-state index contributed by atoms with van der Waals surface area (Å²) in [5.41, 5.74) is 5.76. The monoisotopic (exact) mass is 313 g/mol. The van der Waals surface area contributed by atoms with Crippen LogP contribution in [0.4, 0.5) is 0 Å². The molecule has 0 aliphatic rings. The van der Waals surface area contributed by atoms with Gasteiger partial charge in [-0.25, -0.2) is 13.1 Å². The first-order valence-corrected chi connectivity index (χ1v) is 7.67. The minimum absolute atomic E-state index is 0.0404. The number of nitrogens with zero attached hydrogens (tertiary/aromatic N) is 1. The zero-order chi connectivity index (χ0) is 15.7. The summed E-state index contributed by atoms with van der Waals surface area (Å²) in [5, 5.41) is 0. The molecule has 0 saturated carbocycles. The van der Waals surface area contributed by atoms with Crippen LogP contribution in [0.2, 0.25) is 0 Å². The normalized spacial score (nSPS) is 12.5. The van der Waals surface area contributed by atoms with Crippen LogP contribution in [0.5, 0.6) is 0 Å². The molecule has 7 nitrogen and oxygen atoms in total. The molecule has 0 saturated heterocycles. The number of hydrogen-bond donors (Lipinski definition) is 2. The van der Waals surface area contributed by atoms with E-state index in [0.717, 1.165) is 0 Å². The lowest BCUT2D eigenvalue weighted by molar-refractivity contribution is 0.0320. The second-order valence-electron chi connectivity index (χ2n) is 4.08. The maximum absolute atomic E-state index is 12.2. The van der Waals surface area contributed by atoms with Gasteiger partial charge in [0.1, 0.15) is 4.90 Å². The predicted molar refractivity (Wildman–Crippen MR) is 78.0 cm³/mol. The number of methoxy groups -OCH3 is 2. The van der Waals surface area contributed by atoms with Gasteiger partial charge in [-0.1, -0.05) is 11.8 Å². The van der Waals surface area contributed by atoms with Crippen molar-refractivity contribution < 1.29 is 17.9 Å². The number of nitrogens with one attached hydrogen (secondary N) is 1. The van der Waals surface area contributed by atoms with E-state index < -0.39 is 10.0 Å². The van der Waals surface area contributed by atoms with Gasteiger partial charge in [0.25, 0.3) is 0 Å². The molecular formula is C13H19N3O4S. The van der Waals surface area contributed by atoms with Gasteiger partial charge in [-0.2, -0.15) is 0 Å². The molecule has 1 aromatic rings. The highest BCUT2D eigenvalue weighted by Gasteiger charge is 2.17. The fourth-order valence-electron chi connectivity index (χ4n) is 1.47. The third-order valence-electron chi connectivity index (χ3n) is 2.55. The van der Waals surface area contributed by atoms with Gasteiger partial charge in [0.15, 0.2) is 0 Å². The maximum Gasteiger partial charge on any atom is 0.242 e. The van der Waals surface area contributed by atoms with Crippen molar-refractivity contribution in [1.82, 2.24) is 9.71 Å². The summed E-state index contributed by atoms with van der Waals surface area (Å²) in [6.45, 7) is 0.590. The molecule has 116 valence electrons. The van der Waals surface area contributed by atoms with E-state index in [2.05, 4.69) is 21.5 Å². The maximum atomic E-state index is 12.2. The Labute approximate surface area is 124 Å². The summed E-state index contributed by atoms with van der Waals surface area (Å²) in [7, 11) is -0.672. The van der Waals surface area contributed by atoms with Gasteiger partial charge in [-0.15, -0.1) is 0 Å². The third-order valence-corrected chi connectivity index (χ3v) is 3.94. The molecule has 1 unspecified atom stereocenters. The van der Waals surface area contributed by atoms with Crippen LogP contribution in [-0.4, -0.2) is 53.4 Å². The SMILES string of the molecule is COCC(CNS(=O)(=O)c1cncc(C#CCN)c1)OC. The Hall–Kier alpha value is -1.50. The standard InChI is InChI=1S/C13H19N3O4S/c1-19-10-12(20-2)8-16-21(17,18)13-6-11(4-3-5-14)7-15-9-13/h6-7,9,12,16H,5,8,10,14H2,1-2H3. The first kappa shape index (κ1) is 17.6. The molecule has 1 aromatic heterocycles. The van der Waals surface area contributed by atoms with Crippen LogP contribution in [0.3, 0.4) is 0 Å². The average Bonchev–Trinajstić information content (AvgIpc) is 2.49. The molecule has 3 N–H and O–H groups in total. The van der Waals surface area contributed by atoms with Gasteiger partial charge < -0.3 is 15.2 Å². The third kappa shape index (κ3) is 5.79. The minimum Gasteiger partial charge on any atom is -0.382 e. The summed E-state index contributed by atoms with van der Waals surface area (Å²) in [6.07, 6.45) is 2.37. The van der Waals surface area contributed by atoms with E-state index in [1.807, 2.05) is 0 Å². The highest BCUT2D eigenvalue weighted by atomic mass is 32.2. The van der Waals surface area contributed by atoms with Gasteiger partial charge in [0, 0.05) is 38.7 Å². The summed E-state index contributed by atoms with van der Waals surface area (Å²) in [5.74, 6) is 5.38. The molecule has 0 fully saturated rings. The molecule has 0 aromatic carbocycles. The summed E-state index contributed by atoms with van der Waals surface area (Å²) in [6, 6.07) is 1.44. The summed E-state index contributed by atoms with van der Waals surface area (Å²) < 4.78 is 36.8. The van der Waals surface area contributed by atoms with E-state index in [1.54, 1.807) is 0 Å². The number of aromatic nitrogens is 1. The topological polar surface area (TPSA) is 104 Å². The molecule has 0 spiro atoms. The quantitative estimate of drug-likeness (QED) is 0.647. The average molecular weight is 313 g/mol. The zero-order valence-corrected chi connectivity index (χ0v) is 12.8. The lowest BCUT2D eigenvalue weighted by atomic mass is 10.3. The first-order chi connectivity index (χ1) is 10.0. The molecule has 0 amide bonds. The molecule has 0 aliphatic heterocycles. The number of nitrogens with two attached hydrogens (primary N) is 1. The van der Waals surface area contributed by atoms with Crippen molar-refractivity contribution in [3.05, 3.63) is 24.0 Å². The summed E-state index contributed by atoms with van der Waals surface area (Å²) in [4.78, 5) is 3.91. The van der Waals surface area contributed by atoms with Crippen LogP contribution in [-0.2, 0) is 19.5 Å².